The fourth-order valence-corrected chi connectivity index (χ4v) is 7.82. The summed E-state index contributed by atoms with van der Waals surface area (Å²) < 4.78 is 30.2. The van der Waals surface area contributed by atoms with E-state index in [0.717, 1.165) is 22.7 Å². The van der Waals surface area contributed by atoms with Crippen molar-refractivity contribution in [2.45, 2.75) is 26.5 Å². The van der Waals surface area contributed by atoms with Gasteiger partial charge in [-0.3, -0.25) is 9.36 Å². The highest BCUT2D eigenvalue weighted by Gasteiger charge is 2.33. The molecule has 0 spiro atoms. The average molecular weight is 859 g/mol. The van der Waals surface area contributed by atoms with E-state index in [1.807, 2.05) is 36.4 Å². The fourth-order valence-electron chi connectivity index (χ4n) is 4.47. The molecule has 0 amide bonds. The SMILES string of the molecule is CCOC(=O)C1=C(C)N=c2s/c(=C\c3cc(I)cc(I)c3OCc3ccc(Br)cc3)c(=O)n2[C@H]1c1ccc(F)cc1. The second-order valence-electron chi connectivity index (χ2n) is 9.07. The third kappa shape index (κ3) is 6.52. The Morgan fingerprint density at radius 3 is 2.54 bits per heavy atom. The minimum atomic E-state index is -0.808. The van der Waals surface area contributed by atoms with E-state index in [0.29, 0.717) is 33.0 Å². The summed E-state index contributed by atoms with van der Waals surface area (Å²) in [7, 11) is 0. The molecule has 1 aliphatic rings. The highest BCUT2D eigenvalue weighted by atomic mass is 127. The maximum atomic E-state index is 14.0. The van der Waals surface area contributed by atoms with Gasteiger partial charge in [0.25, 0.3) is 5.56 Å². The zero-order chi connectivity index (χ0) is 29.3. The Balaban J connectivity index is 1.64. The monoisotopic (exact) mass is 858 g/mol. The second-order valence-corrected chi connectivity index (χ2v) is 13.4. The van der Waals surface area contributed by atoms with E-state index in [1.165, 1.54) is 28.0 Å². The lowest BCUT2D eigenvalue weighted by Gasteiger charge is -2.24. The summed E-state index contributed by atoms with van der Waals surface area (Å²) in [5.74, 6) is -0.310. The summed E-state index contributed by atoms with van der Waals surface area (Å²) in [4.78, 5) is 32.1. The molecule has 0 unspecified atom stereocenters. The predicted molar refractivity (Wildman–Crippen MR) is 177 cm³/mol. The Bertz CT molecular complexity index is 1850. The van der Waals surface area contributed by atoms with Crippen molar-refractivity contribution in [1.29, 1.82) is 0 Å². The number of rotatable bonds is 7. The van der Waals surface area contributed by atoms with Crippen LogP contribution in [-0.2, 0) is 16.1 Å². The Morgan fingerprint density at radius 2 is 1.85 bits per heavy atom. The molecule has 0 radical (unpaired) electrons. The van der Waals surface area contributed by atoms with Crippen LogP contribution in [0.4, 0.5) is 4.39 Å². The van der Waals surface area contributed by atoms with Crippen LogP contribution in [0.5, 0.6) is 5.75 Å². The summed E-state index contributed by atoms with van der Waals surface area (Å²) in [5.41, 5.74) is 2.73. The molecule has 11 heteroatoms. The number of hydrogen-bond donors (Lipinski definition) is 0. The topological polar surface area (TPSA) is 69.9 Å². The lowest BCUT2D eigenvalue weighted by atomic mass is 9.96. The zero-order valence-corrected chi connectivity index (χ0v) is 28.5. The number of fused-ring (bicyclic) bond motifs is 1. The third-order valence-electron chi connectivity index (χ3n) is 6.32. The van der Waals surface area contributed by atoms with Crippen LogP contribution >= 0.6 is 72.4 Å². The second kappa shape index (κ2) is 12.9. The van der Waals surface area contributed by atoms with Gasteiger partial charge in [-0.15, -0.1) is 0 Å². The summed E-state index contributed by atoms with van der Waals surface area (Å²) in [6, 6.07) is 16.8. The number of carbonyl (C=O) groups excluding carboxylic acids is 1. The van der Waals surface area contributed by atoms with Gasteiger partial charge in [-0.2, -0.15) is 0 Å². The van der Waals surface area contributed by atoms with E-state index in [9.17, 15) is 14.0 Å². The summed E-state index contributed by atoms with van der Waals surface area (Å²) in [6.07, 6.45) is 1.80. The van der Waals surface area contributed by atoms with Gasteiger partial charge in [0.1, 0.15) is 18.2 Å². The number of carbonyl (C=O) groups is 1. The Hall–Kier alpha value is -2.36. The molecule has 0 saturated carbocycles. The number of allylic oxidation sites excluding steroid dienone is 1. The zero-order valence-electron chi connectivity index (χ0n) is 21.8. The molecule has 41 heavy (non-hydrogen) atoms. The fraction of sp³-hybridized carbons (Fsp3) is 0.167. The van der Waals surface area contributed by atoms with Crippen LogP contribution in [0.1, 0.15) is 36.6 Å². The normalized spacial score (nSPS) is 15.0. The molecule has 0 bridgehead atoms. The molecular weight excluding hydrogens is 837 g/mol. The first-order valence-electron chi connectivity index (χ1n) is 12.5. The summed E-state index contributed by atoms with van der Waals surface area (Å²) in [6.45, 7) is 3.97. The van der Waals surface area contributed by atoms with Crippen molar-refractivity contribution >= 4 is 84.5 Å². The van der Waals surface area contributed by atoms with Gasteiger partial charge < -0.3 is 9.47 Å². The van der Waals surface area contributed by atoms with Gasteiger partial charge in [-0.25, -0.2) is 14.2 Å². The quantitative estimate of drug-likeness (QED) is 0.158. The Morgan fingerprint density at radius 1 is 1.15 bits per heavy atom. The molecule has 1 aromatic heterocycles. The highest BCUT2D eigenvalue weighted by molar-refractivity contribution is 14.1. The average Bonchev–Trinajstić information content (AvgIpc) is 3.23. The van der Waals surface area contributed by atoms with E-state index in [1.54, 1.807) is 32.1 Å². The van der Waals surface area contributed by atoms with Gasteiger partial charge in [0, 0.05) is 13.6 Å². The van der Waals surface area contributed by atoms with Crippen molar-refractivity contribution in [3.8, 4) is 5.75 Å². The van der Waals surface area contributed by atoms with Crippen molar-refractivity contribution < 1.29 is 18.7 Å². The lowest BCUT2D eigenvalue weighted by Crippen LogP contribution is -2.39. The molecule has 1 atom stereocenters. The molecule has 3 aromatic carbocycles. The van der Waals surface area contributed by atoms with Crippen LogP contribution < -0.4 is 19.6 Å². The highest BCUT2D eigenvalue weighted by Crippen LogP contribution is 2.32. The van der Waals surface area contributed by atoms with Crippen LogP contribution in [0.2, 0.25) is 0 Å². The first kappa shape index (κ1) is 30.1. The van der Waals surface area contributed by atoms with Crippen LogP contribution in [0.25, 0.3) is 6.08 Å². The molecule has 2 heterocycles. The van der Waals surface area contributed by atoms with Crippen molar-refractivity contribution in [3.05, 3.63) is 126 Å². The van der Waals surface area contributed by atoms with Crippen molar-refractivity contribution in [1.82, 2.24) is 4.57 Å². The number of ether oxygens (including phenoxy) is 2. The van der Waals surface area contributed by atoms with E-state index in [-0.39, 0.29) is 17.7 Å². The van der Waals surface area contributed by atoms with Crippen molar-refractivity contribution in [2.75, 3.05) is 6.61 Å². The molecule has 1 aliphatic heterocycles. The number of esters is 1. The van der Waals surface area contributed by atoms with Gasteiger partial charge in [0.2, 0.25) is 0 Å². The number of hydrogen-bond acceptors (Lipinski definition) is 6. The molecule has 210 valence electrons. The number of aromatic nitrogens is 1. The molecule has 0 saturated heterocycles. The molecule has 5 rings (SSSR count). The Kier molecular flexibility index (Phi) is 9.46. The maximum Gasteiger partial charge on any atom is 0.338 e. The molecule has 0 N–H and O–H groups in total. The van der Waals surface area contributed by atoms with Gasteiger partial charge in [0.05, 0.1) is 32.0 Å². The smallest absolute Gasteiger partial charge is 0.338 e. The number of halogens is 4. The maximum absolute atomic E-state index is 14.0. The molecule has 0 fully saturated rings. The van der Waals surface area contributed by atoms with Gasteiger partial charge in [-0.1, -0.05) is 51.5 Å². The van der Waals surface area contributed by atoms with Gasteiger partial charge in [0.15, 0.2) is 4.80 Å². The van der Waals surface area contributed by atoms with Gasteiger partial charge in [-0.05, 0) is 113 Å². The van der Waals surface area contributed by atoms with Crippen LogP contribution in [0, 0.1) is 13.0 Å². The van der Waals surface area contributed by atoms with Crippen LogP contribution in [0.3, 0.4) is 0 Å². The van der Waals surface area contributed by atoms with Crippen LogP contribution in [0.15, 0.2) is 86.2 Å². The molecule has 0 aliphatic carbocycles. The number of benzene rings is 3. The van der Waals surface area contributed by atoms with Crippen molar-refractivity contribution in [3.63, 3.8) is 0 Å². The summed E-state index contributed by atoms with van der Waals surface area (Å²) in [5, 5.41) is 0. The van der Waals surface area contributed by atoms with E-state index in [4.69, 9.17) is 9.47 Å². The first-order chi connectivity index (χ1) is 19.7. The minimum absolute atomic E-state index is 0.171. The summed E-state index contributed by atoms with van der Waals surface area (Å²) >= 11 is 9.16. The van der Waals surface area contributed by atoms with E-state index >= 15 is 0 Å². The first-order valence-corrected chi connectivity index (χ1v) is 16.2. The number of thiazole rings is 1. The standard InChI is InChI=1S/C30H22BrFI2N2O4S/c1-3-39-29(38)25-16(2)35-30-36(26(25)18-6-10-21(32)11-7-18)28(37)24(41-30)13-19-12-22(33)14-23(34)27(19)40-15-17-4-8-20(31)9-5-17/h4-14,26H,3,15H2,1-2H3/b24-13-/t26-/m0/s1. The largest absolute Gasteiger partial charge is 0.487 e. The minimum Gasteiger partial charge on any atom is -0.487 e. The van der Waals surface area contributed by atoms with Crippen molar-refractivity contribution in [2.24, 2.45) is 4.99 Å². The lowest BCUT2D eigenvalue weighted by molar-refractivity contribution is -0.139. The molecular formula is C30H22BrFI2N2O4S. The van der Waals surface area contributed by atoms with Gasteiger partial charge >= 0.3 is 5.97 Å². The number of nitrogens with zero attached hydrogens (tertiary/aromatic N) is 2. The van der Waals surface area contributed by atoms with E-state index < -0.39 is 17.8 Å². The molecule has 4 aromatic rings. The third-order valence-corrected chi connectivity index (χ3v) is 9.26. The predicted octanol–water partition coefficient (Wildman–Crippen LogP) is 6.49. The Labute approximate surface area is 275 Å². The molecule has 6 nitrogen and oxygen atoms in total. The van der Waals surface area contributed by atoms with Crippen LogP contribution in [-0.4, -0.2) is 17.1 Å². The van der Waals surface area contributed by atoms with E-state index in [2.05, 4.69) is 66.1 Å².